The molecule has 176 valence electrons. The molecule has 1 amide bonds. The fourth-order valence-electron chi connectivity index (χ4n) is 4.14. The first kappa shape index (κ1) is 24.2. The molecule has 1 aliphatic rings. The Morgan fingerprint density at radius 2 is 1.94 bits per heavy atom. The van der Waals surface area contributed by atoms with Gasteiger partial charge in [0.2, 0.25) is 0 Å². The average Bonchev–Trinajstić information content (AvgIpc) is 3.21. The van der Waals surface area contributed by atoms with Crippen LogP contribution in [0.1, 0.15) is 59.7 Å². The van der Waals surface area contributed by atoms with Crippen LogP contribution in [0.5, 0.6) is 5.75 Å². The van der Waals surface area contributed by atoms with E-state index in [0.29, 0.717) is 21.3 Å². The lowest BCUT2D eigenvalue weighted by Crippen LogP contribution is -2.18. The lowest BCUT2D eigenvalue weighted by atomic mass is 9.81. The number of methoxy groups -OCH3 is 1. The number of benzene rings is 1. The van der Waals surface area contributed by atoms with Gasteiger partial charge in [-0.2, -0.15) is 13.2 Å². The van der Waals surface area contributed by atoms with Crippen LogP contribution >= 0.6 is 33.9 Å². The molecule has 0 saturated heterocycles. The topological polar surface area (TPSA) is 64.1 Å². The Morgan fingerprint density at radius 1 is 1.21 bits per heavy atom. The van der Waals surface area contributed by atoms with Crippen molar-refractivity contribution in [3.8, 4) is 5.75 Å². The third-order valence-electron chi connectivity index (χ3n) is 6.02. The molecule has 1 fully saturated rings. The van der Waals surface area contributed by atoms with Crippen molar-refractivity contribution >= 4 is 55.7 Å². The van der Waals surface area contributed by atoms with E-state index in [2.05, 4.69) is 39.8 Å². The Balaban J connectivity index is 1.56. The average molecular weight is 589 g/mol. The van der Waals surface area contributed by atoms with E-state index in [4.69, 9.17) is 9.72 Å². The normalized spacial score (nSPS) is 19.9. The second-order valence-electron chi connectivity index (χ2n) is 8.22. The number of pyridine rings is 1. The van der Waals surface area contributed by atoms with Crippen molar-refractivity contribution in [1.29, 1.82) is 0 Å². The molecule has 0 bridgehead atoms. The number of carbonyl (C=O) groups excluding carboxylic acids is 1. The number of thiazole rings is 1. The number of alkyl halides is 4. The van der Waals surface area contributed by atoms with Gasteiger partial charge < -0.3 is 10.1 Å². The molecule has 1 saturated carbocycles. The molecule has 1 aromatic carbocycles. The molecule has 0 spiro atoms. The molecule has 0 radical (unpaired) electrons. The summed E-state index contributed by atoms with van der Waals surface area (Å²) in [5.41, 5.74) is -0.284. The fraction of sp³-hybridized carbons (Fsp3) is 0.435. The zero-order valence-electron chi connectivity index (χ0n) is 18.1. The number of aromatic nitrogens is 2. The van der Waals surface area contributed by atoms with E-state index in [-0.39, 0.29) is 5.69 Å². The number of halogens is 4. The van der Waals surface area contributed by atoms with Gasteiger partial charge in [-0.15, -0.1) is 11.3 Å². The van der Waals surface area contributed by atoms with Crippen molar-refractivity contribution in [3.05, 3.63) is 46.7 Å². The molecule has 3 aromatic rings. The second kappa shape index (κ2) is 9.73. The van der Waals surface area contributed by atoms with E-state index < -0.39 is 17.8 Å². The molecule has 1 N–H and O–H groups in total. The minimum absolute atomic E-state index is 0.321. The van der Waals surface area contributed by atoms with Gasteiger partial charge in [-0.1, -0.05) is 35.6 Å². The number of amides is 1. The zero-order valence-corrected chi connectivity index (χ0v) is 21.1. The van der Waals surface area contributed by atoms with Gasteiger partial charge >= 0.3 is 6.18 Å². The fourth-order valence-corrected chi connectivity index (χ4v) is 6.02. The summed E-state index contributed by atoms with van der Waals surface area (Å²) in [5, 5.41) is 3.72. The number of anilines is 1. The number of rotatable bonds is 5. The van der Waals surface area contributed by atoms with Crippen LogP contribution in [0.15, 0.2) is 30.3 Å². The minimum Gasteiger partial charge on any atom is -0.494 e. The standard InChI is InChI=1S/C23H23F3IN3O2S/c1-12(27)13-6-8-14(9-7-13)22-30-17-10-18(32-2)16(11-19(17)33-22)29-21(31)15-4-3-5-20(28-15)23(24,25)26/h3-5,10-14H,6-9H2,1-2H3,(H,29,31)/t12?,13-,14-. The molecule has 1 atom stereocenters. The SMILES string of the molecule is COc1cc2nc([C@H]3CC[C@H](C(C)I)CC3)sc2cc1NC(=O)c1cccc(C(F)(F)F)n1. The number of hydrogen-bond donors (Lipinski definition) is 1. The highest BCUT2D eigenvalue weighted by molar-refractivity contribution is 14.1. The lowest BCUT2D eigenvalue weighted by molar-refractivity contribution is -0.141. The van der Waals surface area contributed by atoms with Crippen molar-refractivity contribution in [2.24, 2.45) is 5.92 Å². The van der Waals surface area contributed by atoms with Crippen LogP contribution in [-0.2, 0) is 6.18 Å². The number of nitrogens with one attached hydrogen (secondary N) is 1. The van der Waals surface area contributed by atoms with E-state index in [1.807, 2.05) is 0 Å². The highest BCUT2D eigenvalue weighted by atomic mass is 127. The van der Waals surface area contributed by atoms with Crippen LogP contribution in [0, 0.1) is 5.92 Å². The van der Waals surface area contributed by atoms with Gasteiger partial charge in [0.25, 0.3) is 5.91 Å². The van der Waals surface area contributed by atoms with Gasteiger partial charge in [0.05, 0.1) is 28.0 Å². The Bertz CT molecular complexity index is 1160. The van der Waals surface area contributed by atoms with Crippen LogP contribution in [0.4, 0.5) is 18.9 Å². The predicted octanol–water partition coefficient (Wildman–Crippen LogP) is 7.07. The molecule has 5 nitrogen and oxygen atoms in total. The van der Waals surface area contributed by atoms with Gasteiger partial charge in [0.1, 0.15) is 17.1 Å². The maximum absolute atomic E-state index is 12.9. The smallest absolute Gasteiger partial charge is 0.433 e. The largest absolute Gasteiger partial charge is 0.494 e. The molecule has 1 aliphatic carbocycles. The van der Waals surface area contributed by atoms with Crippen LogP contribution in [0.2, 0.25) is 0 Å². The van der Waals surface area contributed by atoms with Gasteiger partial charge in [0.15, 0.2) is 0 Å². The molecule has 2 heterocycles. The van der Waals surface area contributed by atoms with Crippen LogP contribution in [0.3, 0.4) is 0 Å². The molecule has 10 heteroatoms. The van der Waals surface area contributed by atoms with Crippen LogP contribution < -0.4 is 10.1 Å². The van der Waals surface area contributed by atoms with Crippen molar-refractivity contribution in [2.75, 3.05) is 12.4 Å². The summed E-state index contributed by atoms with van der Waals surface area (Å²) in [6.45, 7) is 2.26. The molecule has 33 heavy (non-hydrogen) atoms. The maximum Gasteiger partial charge on any atom is 0.433 e. The van der Waals surface area contributed by atoms with Crippen molar-refractivity contribution < 1.29 is 22.7 Å². The van der Waals surface area contributed by atoms with Crippen molar-refractivity contribution in [1.82, 2.24) is 9.97 Å². The summed E-state index contributed by atoms with van der Waals surface area (Å²) in [4.78, 5) is 20.9. The van der Waals surface area contributed by atoms with Gasteiger partial charge in [-0.25, -0.2) is 9.97 Å². The Hall–Kier alpha value is -1.95. The number of ether oxygens (including phenoxy) is 1. The van der Waals surface area contributed by atoms with E-state index in [9.17, 15) is 18.0 Å². The Morgan fingerprint density at radius 3 is 2.58 bits per heavy atom. The van der Waals surface area contributed by atoms with Crippen molar-refractivity contribution in [3.63, 3.8) is 0 Å². The molecule has 0 aliphatic heterocycles. The van der Waals surface area contributed by atoms with Gasteiger partial charge in [0, 0.05) is 15.9 Å². The first-order chi connectivity index (χ1) is 15.7. The van der Waals surface area contributed by atoms with Crippen LogP contribution in [-0.4, -0.2) is 26.9 Å². The molecular weight excluding hydrogens is 566 g/mol. The number of nitrogens with zero attached hydrogens (tertiary/aromatic N) is 2. The second-order valence-corrected chi connectivity index (χ2v) is 11.2. The minimum atomic E-state index is -4.63. The van der Waals surface area contributed by atoms with E-state index >= 15 is 0 Å². The molecular formula is C23H23F3IN3O2S. The third kappa shape index (κ3) is 5.42. The van der Waals surface area contributed by atoms with E-state index in [0.717, 1.165) is 46.1 Å². The monoisotopic (exact) mass is 589 g/mol. The maximum atomic E-state index is 12.9. The number of hydrogen-bond acceptors (Lipinski definition) is 5. The highest BCUT2D eigenvalue weighted by Gasteiger charge is 2.33. The first-order valence-electron chi connectivity index (χ1n) is 10.6. The third-order valence-corrected chi connectivity index (χ3v) is 8.21. The highest BCUT2D eigenvalue weighted by Crippen LogP contribution is 2.42. The quantitative estimate of drug-likeness (QED) is 0.256. The summed E-state index contributed by atoms with van der Waals surface area (Å²) in [5.74, 6) is 0.826. The predicted molar refractivity (Wildman–Crippen MR) is 132 cm³/mol. The van der Waals surface area contributed by atoms with Gasteiger partial charge in [-0.05, 0) is 49.8 Å². The summed E-state index contributed by atoms with van der Waals surface area (Å²) in [6, 6.07) is 6.75. The van der Waals surface area contributed by atoms with Crippen LogP contribution in [0.25, 0.3) is 10.2 Å². The van der Waals surface area contributed by atoms with E-state index in [1.54, 1.807) is 23.5 Å². The zero-order chi connectivity index (χ0) is 23.8. The molecule has 2 aromatic heterocycles. The van der Waals surface area contributed by atoms with Gasteiger partial charge in [-0.3, -0.25) is 4.79 Å². The number of fused-ring (bicyclic) bond motifs is 1. The van der Waals surface area contributed by atoms with Crippen molar-refractivity contribution in [2.45, 2.75) is 48.6 Å². The Labute approximate surface area is 207 Å². The summed E-state index contributed by atoms with van der Waals surface area (Å²) < 4.78 is 45.8. The molecule has 1 unspecified atom stereocenters. The Kier molecular flexibility index (Phi) is 7.13. The van der Waals surface area contributed by atoms with E-state index in [1.165, 1.54) is 26.0 Å². The molecule has 4 rings (SSSR count). The lowest BCUT2D eigenvalue weighted by Gasteiger charge is -2.29. The summed E-state index contributed by atoms with van der Waals surface area (Å²) >= 11 is 4.10. The summed E-state index contributed by atoms with van der Waals surface area (Å²) in [7, 11) is 1.47. The number of carbonyl (C=O) groups is 1. The first-order valence-corrected chi connectivity index (χ1v) is 12.7. The summed E-state index contributed by atoms with van der Waals surface area (Å²) in [6.07, 6.45) is -0.0159.